The van der Waals surface area contributed by atoms with Gasteiger partial charge in [0.2, 0.25) is 0 Å². The maximum atomic E-state index is 12.4. The molecule has 3 aromatic heterocycles. The smallest absolute Gasteiger partial charge is 0.261 e. The molecule has 4 heterocycles. The minimum absolute atomic E-state index is 0.180. The van der Waals surface area contributed by atoms with Crippen LogP contribution in [0, 0.1) is 0 Å². The highest BCUT2D eigenvalue weighted by Gasteiger charge is 2.15. The van der Waals surface area contributed by atoms with Crippen LogP contribution in [-0.2, 0) is 11.3 Å². The Morgan fingerprint density at radius 3 is 2.86 bits per heavy atom. The summed E-state index contributed by atoms with van der Waals surface area (Å²) in [5.74, 6) is 0.346. The molecule has 2 N–H and O–H groups in total. The van der Waals surface area contributed by atoms with E-state index in [4.69, 9.17) is 21.1 Å². The van der Waals surface area contributed by atoms with E-state index < -0.39 is 0 Å². The van der Waals surface area contributed by atoms with E-state index in [9.17, 15) is 9.59 Å². The molecular formula is C25H25ClN6O4S. The number of aromatic amines is 1. The zero-order chi connectivity index (χ0) is 25.6. The lowest BCUT2D eigenvalue weighted by Gasteiger charge is -2.26. The third kappa shape index (κ3) is 6.25. The van der Waals surface area contributed by atoms with Gasteiger partial charge in [-0.3, -0.25) is 14.5 Å². The first kappa shape index (κ1) is 25.2. The van der Waals surface area contributed by atoms with Gasteiger partial charge >= 0.3 is 0 Å². The summed E-state index contributed by atoms with van der Waals surface area (Å²) in [6, 6.07) is 12.4. The molecule has 0 spiro atoms. The van der Waals surface area contributed by atoms with Gasteiger partial charge < -0.3 is 19.8 Å². The number of morpholine rings is 1. The van der Waals surface area contributed by atoms with E-state index in [0.717, 1.165) is 38.4 Å². The molecule has 1 saturated heterocycles. The lowest BCUT2D eigenvalue weighted by Crippen LogP contribution is -2.38. The predicted octanol–water partition coefficient (Wildman–Crippen LogP) is 2.98. The van der Waals surface area contributed by atoms with Crippen LogP contribution in [-0.4, -0.2) is 70.2 Å². The van der Waals surface area contributed by atoms with Crippen LogP contribution in [0.2, 0.25) is 4.34 Å². The van der Waals surface area contributed by atoms with Gasteiger partial charge in [-0.1, -0.05) is 22.9 Å². The van der Waals surface area contributed by atoms with Crippen molar-refractivity contribution in [1.82, 2.24) is 30.2 Å². The lowest BCUT2D eigenvalue weighted by atomic mass is 10.1. The van der Waals surface area contributed by atoms with E-state index >= 15 is 0 Å². The Kier molecular flexibility index (Phi) is 7.95. The van der Waals surface area contributed by atoms with Crippen LogP contribution in [0.5, 0.6) is 5.75 Å². The summed E-state index contributed by atoms with van der Waals surface area (Å²) < 4.78 is 13.8. The summed E-state index contributed by atoms with van der Waals surface area (Å²) in [5.41, 5.74) is 2.35. The fourth-order valence-corrected chi connectivity index (χ4v) is 4.90. The highest BCUT2D eigenvalue weighted by Crippen LogP contribution is 2.28. The lowest BCUT2D eigenvalue weighted by molar-refractivity contribution is 0.0322. The molecule has 0 saturated carbocycles. The normalized spacial score (nSPS) is 14.0. The molecule has 1 fully saturated rings. The monoisotopic (exact) mass is 540 g/mol. The van der Waals surface area contributed by atoms with E-state index in [1.54, 1.807) is 41.3 Å². The second-order valence-electron chi connectivity index (χ2n) is 8.34. The topological polar surface area (TPSA) is 114 Å². The maximum Gasteiger partial charge on any atom is 0.261 e. The summed E-state index contributed by atoms with van der Waals surface area (Å²) in [6.07, 6.45) is 3.34. The minimum atomic E-state index is -0.226. The number of carbonyl (C=O) groups excluding carboxylic acids is 1. The van der Waals surface area contributed by atoms with E-state index in [1.807, 2.05) is 18.2 Å². The fourth-order valence-electron chi connectivity index (χ4n) is 3.94. The first-order valence-electron chi connectivity index (χ1n) is 11.8. The van der Waals surface area contributed by atoms with Crippen LogP contribution < -0.4 is 15.6 Å². The average Bonchev–Trinajstić information content (AvgIpc) is 3.57. The second kappa shape index (κ2) is 11.7. The van der Waals surface area contributed by atoms with Crippen LogP contribution in [0.15, 0.2) is 59.7 Å². The molecule has 1 amide bonds. The Morgan fingerprint density at radius 1 is 1.22 bits per heavy atom. The Labute approximate surface area is 221 Å². The van der Waals surface area contributed by atoms with Crippen LogP contribution in [0.3, 0.4) is 0 Å². The Bertz CT molecular complexity index is 1430. The quantitative estimate of drug-likeness (QED) is 0.335. The second-order valence-corrected chi connectivity index (χ2v) is 10.1. The molecule has 10 nitrogen and oxygen atoms in total. The van der Waals surface area contributed by atoms with Gasteiger partial charge in [0, 0.05) is 31.4 Å². The van der Waals surface area contributed by atoms with Crippen LogP contribution >= 0.6 is 22.9 Å². The van der Waals surface area contributed by atoms with Gasteiger partial charge in [-0.2, -0.15) is 0 Å². The largest absolute Gasteiger partial charge is 0.490 e. The van der Waals surface area contributed by atoms with Crippen molar-refractivity contribution in [2.45, 2.75) is 6.54 Å². The summed E-state index contributed by atoms with van der Waals surface area (Å²) in [4.78, 5) is 30.2. The zero-order valence-electron chi connectivity index (χ0n) is 19.9. The van der Waals surface area contributed by atoms with E-state index in [-0.39, 0.29) is 18.0 Å². The van der Waals surface area contributed by atoms with Crippen molar-refractivity contribution in [3.8, 4) is 22.6 Å². The molecule has 5 rings (SSSR count). The molecular weight excluding hydrogens is 516 g/mol. The van der Waals surface area contributed by atoms with Gasteiger partial charge in [0.1, 0.15) is 23.7 Å². The zero-order valence-corrected chi connectivity index (χ0v) is 21.4. The van der Waals surface area contributed by atoms with Crippen molar-refractivity contribution in [2.75, 3.05) is 39.5 Å². The number of aromatic nitrogens is 4. The number of rotatable bonds is 9. The fraction of sp³-hybridized carbons (Fsp3) is 0.280. The van der Waals surface area contributed by atoms with Gasteiger partial charge in [0.15, 0.2) is 0 Å². The summed E-state index contributed by atoms with van der Waals surface area (Å²) in [7, 11) is 0. The molecule has 1 aromatic carbocycles. The standard InChI is InChI=1S/C25H25ClN6O4S/c26-23-6-5-22(37-23)25(34)28-15-18-16-32(30-29-18)20-4-3-17(19-2-1-7-27-24(19)33)14-21(20)36-13-10-31-8-11-35-12-9-31/h1-7,14,16H,8-13,15H2,(H,27,33)(H,28,34). The van der Waals surface area contributed by atoms with Crippen molar-refractivity contribution >= 4 is 28.8 Å². The van der Waals surface area contributed by atoms with Gasteiger partial charge in [-0.15, -0.1) is 16.4 Å². The van der Waals surface area contributed by atoms with E-state index in [0.29, 0.717) is 38.5 Å². The molecule has 4 aromatic rings. The number of nitrogens with zero attached hydrogens (tertiary/aromatic N) is 4. The summed E-state index contributed by atoms with van der Waals surface area (Å²) in [5, 5.41) is 11.3. The number of pyridine rings is 1. The number of benzene rings is 1. The maximum absolute atomic E-state index is 12.4. The first-order chi connectivity index (χ1) is 18.1. The Balaban J connectivity index is 1.34. The molecule has 0 atom stereocenters. The average molecular weight is 541 g/mol. The highest BCUT2D eigenvalue weighted by molar-refractivity contribution is 7.17. The number of halogens is 1. The number of hydrogen-bond acceptors (Lipinski definition) is 8. The van der Waals surface area contributed by atoms with Crippen molar-refractivity contribution < 1.29 is 14.3 Å². The number of nitrogens with one attached hydrogen (secondary N) is 2. The van der Waals surface area contributed by atoms with Crippen molar-refractivity contribution in [2.24, 2.45) is 0 Å². The third-order valence-electron chi connectivity index (χ3n) is 5.87. The molecule has 0 radical (unpaired) electrons. The Morgan fingerprint density at radius 2 is 2.08 bits per heavy atom. The number of ether oxygens (including phenoxy) is 2. The predicted molar refractivity (Wildman–Crippen MR) is 141 cm³/mol. The third-order valence-corrected chi connectivity index (χ3v) is 7.10. The number of carbonyl (C=O) groups is 1. The van der Waals surface area contributed by atoms with Crippen molar-refractivity contribution in [3.63, 3.8) is 0 Å². The van der Waals surface area contributed by atoms with Gasteiger partial charge in [0.25, 0.3) is 11.5 Å². The molecule has 192 valence electrons. The minimum Gasteiger partial charge on any atom is -0.490 e. The molecule has 0 aliphatic carbocycles. The molecule has 1 aliphatic rings. The first-order valence-corrected chi connectivity index (χ1v) is 13.0. The number of H-pyrrole nitrogens is 1. The number of hydrogen-bond donors (Lipinski definition) is 2. The number of amides is 1. The highest BCUT2D eigenvalue weighted by atomic mass is 35.5. The molecule has 0 bridgehead atoms. The van der Waals surface area contributed by atoms with E-state index in [2.05, 4.69) is 25.5 Å². The van der Waals surface area contributed by atoms with Crippen molar-refractivity contribution in [1.29, 1.82) is 0 Å². The summed E-state index contributed by atoms with van der Waals surface area (Å²) >= 11 is 7.13. The molecule has 12 heteroatoms. The van der Waals surface area contributed by atoms with Gasteiger partial charge in [-0.05, 0) is 42.0 Å². The number of thiophene rings is 1. The SMILES string of the molecule is O=C(NCc1cn(-c2ccc(-c3ccc[nH]c3=O)cc2OCCN2CCOCC2)nn1)c1ccc(Cl)s1. The molecule has 1 aliphatic heterocycles. The van der Waals surface area contributed by atoms with Gasteiger partial charge in [0.05, 0.1) is 35.2 Å². The molecule has 37 heavy (non-hydrogen) atoms. The van der Waals surface area contributed by atoms with Crippen LogP contribution in [0.25, 0.3) is 16.8 Å². The van der Waals surface area contributed by atoms with Crippen molar-refractivity contribution in [3.05, 3.63) is 80.1 Å². The van der Waals surface area contributed by atoms with Crippen LogP contribution in [0.4, 0.5) is 0 Å². The summed E-state index contributed by atoms with van der Waals surface area (Å²) in [6.45, 7) is 4.59. The van der Waals surface area contributed by atoms with Crippen LogP contribution in [0.1, 0.15) is 15.4 Å². The Hall–Kier alpha value is -3.51. The van der Waals surface area contributed by atoms with Gasteiger partial charge in [-0.25, -0.2) is 4.68 Å². The van der Waals surface area contributed by atoms with E-state index in [1.165, 1.54) is 11.3 Å². The molecule has 0 unspecified atom stereocenters.